The Kier molecular flexibility index (Phi) is 4.24. The predicted molar refractivity (Wildman–Crippen MR) is 92.5 cm³/mol. The van der Waals surface area contributed by atoms with E-state index in [2.05, 4.69) is 65.8 Å². The number of H-pyrrole nitrogens is 1. The molecule has 0 unspecified atom stereocenters. The van der Waals surface area contributed by atoms with Crippen LogP contribution < -0.4 is 5.32 Å². The number of benzene rings is 2. The highest BCUT2D eigenvalue weighted by Crippen LogP contribution is 2.31. The Balaban J connectivity index is 2.01. The molecule has 0 radical (unpaired) electrons. The van der Waals surface area contributed by atoms with Crippen LogP contribution in [0.4, 0.5) is 11.5 Å². The Morgan fingerprint density at radius 2 is 1.73 bits per heavy atom. The monoisotopic (exact) mass is 291 g/mol. The standard InChI is InChI=1S/C19H21N3/c1-3-9-17-18(16-13-8-7-10-14(16)2)21-22-19(17)20-15-11-5-4-6-12-15/h4-8,10-13H,3,9H2,1-2H3,(H2,20,21,22). The van der Waals surface area contributed by atoms with Gasteiger partial charge in [0.05, 0.1) is 5.69 Å². The van der Waals surface area contributed by atoms with Crippen molar-refractivity contribution in [1.29, 1.82) is 0 Å². The highest BCUT2D eigenvalue weighted by atomic mass is 15.2. The molecule has 3 heteroatoms. The van der Waals surface area contributed by atoms with Crippen molar-refractivity contribution >= 4 is 11.5 Å². The molecule has 0 fully saturated rings. The van der Waals surface area contributed by atoms with Gasteiger partial charge < -0.3 is 5.32 Å². The normalized spacial score (nSPS) is 10.6. The van der Waals surface area contributed by atoms with E-state index in [1.54, 1.807) is 0 Å². The third kappa shape index (κ3) is 2.89. The van der Waals surface area contributed by atoms with Crippen LogP contribution in [-0.2, 0) is 6.42 Å². The zero-order valence-electron chi connectivity index (χ0n) is 13.1. The van der Waals surface area contributed by atoms with E-state index in [1.165, 1.54) is 16.7 Å². The van der Waals surface area contributed by atoms with Crippen molar-refractivity contribution in [3.63, 3.8) is 0 Å². The minimum Gasteiger partial charge on any atom is -0.340 e. The number of hydrogen-bond donors (Lipinski definition) is 2. The number of rotatable bonds is 5. The maximum atomic E-state index is 4.57. The van der Waals surface area contributed by atoms with E-state index in [0.717, 1.165) is 30.0 Å². The average Bonchev–Trinajstić information content (AvgIpc) is 2.92. The number of aryl methyl sites for hydroxylation is 1. The molecular weight excluding hydrogens is 270 g/mol. The zero-order valence-corrected chi connectivity index (χ0v) is 13.1. The highest BCUT2D eigenvalue weighted by molar-refractivity contribution is 5.73. The number of para-hydroxylation sites is 1. The summed E-state index contributed by atoms with van der Waals surface area (Å²) in [5.74, 6) is 0.992. The zero-order chi connectivity index (χ0) is 15.4. The Labute approximate surface area is 131 Å². The summed E-state index contributed by atoms with van der Waals surface area (Å²) in [4.78, 5) is 0. The molecule has 0 amide bonds. The second-order valence-corrected chi connectivity index (χ2v) is 5.48. The summed E-state index contributed by atoms with van der Waals surface area (Å²) in [6.07, 6.45) is 2.08. The SMILES string of the molecule is CCCc1c(-c2ccccc2C)n[nH]c1Nc1ccccc1. The summed E-state index contributed by atoms with van der Waals surface area (Å²) >= 11 is 0. The quantitative estimate of drug-likeness (QED) is 0.688. The molecule has 0 aliphatic rings. The maximum Gasteiger partial charge on any atom is 0.129 e. The lowest BCUT2D eigenvalue weighted by Crippen LogP contribution is -1.95. The molecule has 3 aromatic rings. The molecule has 2 aromatic carbocycles. The number of nitrogens with zero attached hydrogens (tertiary/aromatic N) is 1. The fourth-order valence-electron chi connectivity index (χ4n) is 2.69. The van der Waals surface area contributed by atoms with Crippen LogP contribution in [0.2, 0.25) is 0 Å². The van der Waals surface area contributed by atoms with E-state index in [9.17, 15) is 0 Å². The van der Waals surface area contributed by atoms with Crippen LogP contribution in [-0.4, -0.2) is 10.2 Å². The van der Waals surface area contributed by atoms with Crippen LogP contribution in [0.3, 0.4) is 0 Å². The summed E-state index contributed by atoms with van der Waals surface area (Å²) in [5, 5.41) is 11.2. The van der Waals surface area contributed by atoms with E-state index in [1.807, 2.05) is 18.2 Å². The first kappa shape index (κ1) is 14.4. The van der Waals surface area contributed by atoms with Crippen LogP contribution >= 0.6 is 0 Å². The molecule has 0 saturated heterocycles. The van der Waals surface area contributed by atoms with Crippen molar-refractivity contribution in [2.75, 3.05) is 5.32 Å². The molecule has 1 heterocycles. The van der Waals surface area contributed by atoms with E-state index < -0.39 is 0 Å². The largest absolute Gasteiger partial charge is 0.340 e. The van der Waals surface area contributed by atoms with E-state index in [0.29, 0.717) is 0 Å². The molecule has 22 heavy (non-hydrogen) atoms. The van der Waals surface area contributed by atoms with Crippen LogP contribution in [0.1, 0.15) is 24.5 Å². The minimum absolute atomic E-state index is 0.992. The summed E-state index contributed by atoms with van der Waals surface area (Å²) in [5.41, 5.74) is 5.82. The summed E-state index contributed by atoms with van der Waals surface area (Å²) in [7, 11) is 0. The Bertz CT molecular complexity index is 744. The molecule has 3 nitrogen and oxygen atoms in total. The van der Waals surface area contributed by atoms with Crippen molar-refractivity contribution in [2.45, 2.75) is 26.7 Å². The third-order valence-electron chi connectivity index (χ3n) is 3.81. The first-order chi connectivity index (χ1) is 10.8. The van der Waals surface area contributed by atoms with Gasteiger partial charge in [-0.3, -0.25) is 5.10 Å². The summed E-state index contributed by atoms with van der Waals surface area (Å²) in [6.45, 7) is 4.32. The molecule has 112 valence electrons. The summed E-state index contributed by atoms with van der Waals surface area (Å²) in [6, 6.07) is 18.6. The molecule has 3 rings (SSSR count). The van der Waals surface area contributed by atoms with E-state index in [-0.39, 0.29) is 0 Å². The molecule has 2 N–H and O–H groups in total. The Morgan fingerprint density at radius 1 is 1.00 bits per heavy atom. The van der Waals surface area contributed by atoms with Gasteiger partial charge in [0.15, 0.2) is 0 Å². The van der Waals surface area contributed by atoms with Crippen molar-refractivity contribution in [3.8, 4) is 11.3 Å². The maximum absolute atomic E-state index is 4.57. The molecular formula is C19H21N3. The molecule has 1 aromatic heterocycles. The molecule has 0 aliphatic carbocycles. The van der Waals surface area contributed by atoms with E-state index >= 15 is 0 Å². The number of aromatic nitrogens is 2. The second-order valence-electron chi connectivity index (χ2n) is 5.48. The van der Waals surface area contributed by atoms with Gasteiger partial charge in [-0.2, -0.15) is 5.10 Å². The van der Waals surface area contributed by atoms with Crippen molar-refractivity contribution in [3.05, 3.63) is 65.7 Å². The van der Waals surface area contributed by atoms with Crippen LogP contribution in [0.25, 0.3) is 11.3 Å². The minimum atomic E-state index is 0.992. The van der Waals surface area contributed by atoms with Gasteiger partial charge in [-0.25, -0.2) is 0 Å². The van der Waals surface area contributed by atoms with Crippen molar-refractivity contribution in [2.24, 2.45) is 0 Å². The van der Waals surface area contributed by atoms with Gasteiger partial charge >= 0.3 is 0 Å². The molecule has 0 aliphatic heterocycles. The van der Waals surface area contributed by atoms with Crippen molar-refractivity contribution < 1.29 is 0 Å². The van der Waals surface area contributed by atoms with Gasteiger partial charge in [0.2, 0.25) is 0 Å². The Hall–Kier alpha value is -2.55. The van der Waals surface area contributed by atoms with Crippen LogP contribution in [0.5, 0.6) is 0 Å². The Morgan fingerprint density at radius 3 is 2.45 bits per heavy atom. The predicted octanol–water partition coefficient (Wildman–Crippen LogP) is 5.08. The van der Waals surface area contributed by atoms with Gasteiger partial charge in [0.1, 0.15) is 5.82 Å². The average molecular weight is 291 g/mol. The second kappa shape index (κ2) is 6.48. The lowest BCUT2D eigenvalue weighted by Gasteiger charge is -2.09. The molecule has 0 spiro atoms. The number of nitrogens with one attached hydrogen (secondary N) is 2. The highest BCUT2D eigenvalue weighted by Gasteiger charge is 2.15. The first-order valence-electron chi connectivity index (χ1n) is 7.75. The van der Waals surface area contributed by atoms with Gasteiger partial charge in [0, 0.05) is 16.8 Å². The topological polar surface area (TPSA) is 40.7 Å². The molecule has 0 atom stereocenters. The fraction of sp³-hybridized carbons (Fsp3) is 0.211. The van der Waals surface area contributed by atoms with Gasteiger partial charge in [-0.15, -0.1) is 0 Å². The molecule has 0 saturated carbocycles. The molecule has 0 bridgehead atoms. The van der Waals surface area contributed by atoms with Gasteiger partial charge in [-0.05, 0) is 31.0 Å². The van der Waals surface area contributed by atoms with Crippen LogP contribution in [0, 0.1) is 6.92 Å². The van der Waals surface area contributed by atoms with E-state index in [4.69, 9.17) is 0 Å². The summed E-state index contributed by atoms with van der Waals surface area (Å²) < 4.78 is 0. The number of hydrogen-bond acceptors (Lipinski definition) is 2. The van der Waals surface area contributed by atoms with Gasteiger partial charge in [-0.1, -0.05) is 55.8 Å². The number of anilines is 2. The fourth-order valence-corrected chi connectivity index (χ4v) is 2.69. The first-order valence-corrected chi connectivity index (χ1v) is 7.75. The van der Waals surface area contributed by atoms with Crippen molar-refractivity contribution in [1.82, 2.24) is 10.2 Å². The lowest BCUT2D eigenvalue weighted by molar-refractivity contribution is 0.926. The third-order valence-corrected chi connectivity index (χ3v) is 3.81. The smallest absolute Gasteiger partial charge is 0.129 e. The number of aromatic amines is 1. The van der Waals surface area contributed by atoms with Gasteiger partial charge in [0.25, 0.3) is 0 Å². The van der Waals surface area contributed by atoms with Crippen LogP contribution in [0.15, 0.2) is 54.6 Å². The lowest BCUT2D eigenvalue weighted by atomic mass is 10.00.